The molecular formula is C18H23ClN2O3. The van der Waals surface area contributed by atoms with Crippen LogP contribution in [0, 0.1) is 5.92 Å². The summed E-state index contributed by atoms with van der Waals surface area (Å²) in [6, 6.07) is 5.06. The van der Waals surface area contributed by atoms with E-state index in [2.05, 4.69) is 5.32 Å². The van der Waals surface area contributed by atoms with E-state index in [1.54, 1.807) is 23.1 Å². The van der Waals surface area contributed by atoms with E-state index in [1.807, 2.05) is 0 Å². The summed E-state index contributed by atoms with van der Waals surface area (Å²) in [6.07, 6.45) is 4.68. The lowest BCUT2D eigenvalue weighted by atomic mass is 10.1. The number of amides is 2. The maximum atomic E-state index is 12.5. The Bertz CT molecular complexity index is 616. The van der Waals surface area contributed by atoms with E-state index in [4.69, 9.17) is 16.3 Å². The van der Waals surface area contributed by atoms with Crippen molar-refractivity contribution in [3.8, 4) is 0 Å². The Morgan fingerprint density at radius 1 is 1.38 bits per heavy atom. The molecule has 5 nitrogen and oxygen atoms in total. The van der Waals surface area contributed by atoms with Crippen LogP contribution in [0.15, 0.2) is 18.2 Å². The third-order valence-electron chi connectivity index (χ3n) is 4.37. The summed E-state index contributed by atoms with van der Waals surface area (Å²) in [7, 11) is 0. The summed E-state index contributed by atoms with van der Waals surface area (Å²) in [4.78, 5) is 26.1. The monoisotopic (exact) mass is 350 g/mol. The molecule has 0 spiro atoms. The van der Waals surface area contributed by atoms with Crippen LogP contribution in [-0.2, 0) is 9.53 Å². The molecule has 0 radical (unpaired) electrons. The Labute approximate surface area is 147 Å². The summed E-state index contributed by atoms with van der Waals surface area (Å²) in [6.45, 7) is 2.69. The highest BCUT2D eigenvalue weighted by atomic mass is 35.5. The summed E-state index contributed by atoms with van der Waals surface area (Å²) in [5.74, 6) is 0.623. The van der Waals surface area contributed by atoms with Gasteiger partial charge >= 0.3 is 0 Å². The Morgan fingerprint density at radius 2 is 2.21 bits per heavy atom. The Hall–Kier alpha value is -1.59. The standard InChI is InChI=1S/C18H23ClN2O3/c19-14-6-7-15(16(11-14)21-9-1-3-17(21)22)18(23)20-8-2-10-24-12-13-4-5-13/h6-7,11,13H,1-5,8-10,12H2,(H,20,23). The molecular weight excluding hydrogens is 328 g/mol. The number of nitrogens with one attached hydrogen (secondary N) is 1. The van der Waals surface area contributed by atoms with Gasteiger partial charge in [-0.25, -0.2) is 0 Å². The van der Waals surface area contributed by atoms with E-state index in [0.717, 1.165) is 25.4 Å². The van der Waals surface area contributed by atoms with Crippen LogP contribution in [0.1, 0.15) is 42.5 Å². The zero-order chi connectivity index (χ0) is 16.9. The van der Waals surface area contributed by atoms with Crippen molar-refractivity contribution in [2.45, 2.75) is 32.1 Å². The topological polar surface area (TPSA) is 58.6 Å². The van der Waals surface area contributed by atoms with E-state index < -0.39 is 0 Å². The first kappa shape index (κ1) is 17.2. The number of benzene rings is 1. The highest BCUT2D eigenvalue weighted by molar-refractivity contribution is 6.31. The fourth-order valence-corrected chi connectivity index (χ4v) is 3.00. The molecule has 6 heteroatoms. The number of hydrogen-bond donors (Lipinski definition) is 1. The van der Waals surface area contributed by atoms with Crippen molar-refractivity contribution in [3.05, 3.63) is 28.8 Å². The molecule has 1 aromatic rings. The molecule has 1 saturated heterocycles. The number of halogens is 1. The molecule has 2 aliphatic rings. The van der Waals surface area contributed by atoms with Crippen LogP contribution in [0.25, 0.3) is 0 Å². The summed E-state index contributed by atoms with van der Waals surface area (Å²) in [5, 5.41) is 3.42. The quantitative estimate of drug-likeness (QED) is 0.733. The third-order valence-corrected chi connectivity index (χ3v) is 4.61. The highest BCUT2D eigenvalue weighted by Gasteiger charge is 2.26. The average molecular weight is 351 g/mol. The van der Waals surface area contributed by atoms with E-state index in [1.165, 1.54) is 12.8 Å². The van der Waals surface area contributed by atoms with Gasteiger partial charge in [-0.05, 0) is 49.8 Å². The molecule has 1 aromatic carbocycles. The second-order valence-electron chi connectivity index (χ2n) is 6.44. The Morgan fingerprint density at radius 3 is 2.92 bits per heavy atom. The van der Waals surface area contributed by atoms with Crippen LogP contribution in [-0.4, -0.2) is 38.1 Å². The number of rotatable bonds is 8. The minimum atomic E-state index is -0.177. The van der Waals surface area contributed by atoms with Gasteiger partial charge in [0.2, 0.25) is 5.91 Å². The summed E-state index contributed by atoms with van der Waals surface area (Å²) < 4.78 is 5.56. The predicted octanol–water partition coefficient (Wildman–Crippen LogP) is 3.01. The van der Waals surface area contributed by atoms with Crippen LogP contribution in [0.3, 0.4) is 0 Å². The van der Waals surface area contributed by atoms with Crippen molar-refractivity contribution in [1.29, 1.82) is 0 Å². The third kappa shape index (κ3) is 4.48. The molecule has 1 aliphatic heterocycles. The predicted molar refractivity (Wildman–Crippen MR) is 93.5 cm³/mol. The maximum Gasteiger partial charge on any atom is 0.253 e. The summed E-state index contributed by atoms with van der Waals surface area (Å²) >= 11 is 6.05. The van der Waals surface area contributed by atoms with Gasteiger partial charge in [0.1, 0.15) is 0 Å². The average Bonchev–Trinajstić information content (AvgIpc) is 3.29. The van der Waals surface area contributed by atoms with Crippen LogP contribution in [0.4, 0.5) is 5.69 Å². The van der Waals surface area contributed by atoms with Crippen molar-refractivity contribution in [2.24, 2.45) is 5.92 Å². The van der Waals surface area contributed by atoms with Gasteiger partial charge in [0.05, 0.1) is 11.3 Å². The molecule has 1 N–H and O–H groups in total. The highest BCUT2D eigenvalue weighted by Crippen LogP contribution is 2.29. The molecule has 3 rings (SSSR count). The molecule has 130 valence electrons. The minimum absolute atomic E-state index is 0.0415. The molecule has 2 amide bonds. The fraction of sp³-hybridized carbons (Fsp3) is 0.556. The van der Waals surface area contributed by atoms with Crippen molar-refractivity contribution in [1.82, 2.24) is 5.32 Å². The Kier molecular flexibility index (Phi) is 5.74. The van der Waals surface area contributed by atoms with E-state index in [9.17, 15) is 9.59 Å². The van der Waals surface area contributed by atoms with Gasteiger partial charge in [-0.3, -0.25) is 9.59 Å². The van der Waals surface area contributed by atoms with Gasteiger partial charge in [-0.1, -0.05) is 11.6 Å². The largest absolute Gasteiger partial charge is 0.381 e. The lowest BCUT2D eigenvalue weighted by molar-refractivity contribution is -0.117. The number of anilines is 1. The summed E-state index contributed by atoms with van der Waals surface area (Å²) in [5.41, 5.74) is 1.10. The van der Waals surface area contributed by atoms with Gasteiger partial charge in [-0.15, -0.1) is 0 Å². The molecule has 24 heavy (non-hydrogen) atoms. The fourth-order valence-electron chi connectivity index (χ4n) is 2.83. The van der Waals surface area contributed by atoms with Crippen molar-refractivity contribution < 1.29 is 14.3 Å². The molecule has 1 heterocycles. The lowest BCUT2D eigenvalue weighted by Crippen LogP contribution is -2.30. The van der Waals surface area contributed by atoms with Crippen molar-refractivity contribution in [2.75, 3.05) is 31.2 Å². The smallest absolute Gasteiger partial charge is 0.253 e. The zero-order valence-corrected chi connectivity index (χ0v) is 14.5. The second-order valence-corrected chi connectivity index (χ2v) is 6.87. The van der Waals surface area contributed by atoms with Gasteiger partial charge in [0.25, 0.3) is 5.91 Å². The van der Waals surface area contributed by atoms with E-state index in [-0.39, 0.29) is 11.8 Å². The molecule has 0 atom stereocenters. The molecule has 1 aliphatic carbocycles. The van der Waals surface area contributed by atoms with E-state index >= 15 is 0 Å². The maximum absolute atomic E-state index is 12.5. The van der Waals surface area contributed by atoms with Crippen LogP contribution in [0.5, 0.6) is 0 Å². The van der Waals surface area contributed by atoms with Gasteiger partial charge < -0.3 is 15.0 Å². The molecule has 0 bridgehead atoms. The molecule has 1 saturated carbocycles. The molecule has 0 unspecified atom stereocenters. The first-order chi connectivity index (χ1) is 11.6. The normalized spacial score (nSPS) is 17.4. The van der Waals surface area contributed by atoms with Crippen molar-refractivity contribution in [3.63, 3.8) is 0 Å². The first-order valence-electron chi connectivity index (χ1n) is 8.61. The zero-order valence-electron chi connectivity index (χ0n) is 13.7. The molecule has 0 aromatic heterocycles. The number of ether oxygens (including phenoxy) is 1. The minimum Gasteiger partial charge on any atom is -0.381 e. The first-order valence-corrected chi connectivity index (χ1v) is 8.99. The second kappa shape index (κ2) is 7.99. The number of carbonyl (C=O) groups is 2. The Balaban J connectivity index is 1.54. The van der Waals surface area contributed by atoms with Crippen LogP contribution in [0.2, 0.25) is 5.02 Å². The SMILES string of the molecule is O=C(NCCCOCC1CC1)c1ccc(Cl)cc1N1CCCC1=O. The molecule has 2 fully saturated rings. The van der Waals surface area contributed by atoms with Gasteiger partial charge in [0.15, 0.2) is 0 Å². The number of hydrogen-bond acceptors (Lipinski definition) is 3. The van der Waals surface area contributed by atoms with Gasteiger partial charge in [0, 0.05) is 37.7 Å². The van der Waals surface area contributed by atoms with E-state index in [0.29, 0.717) is 42.4 Å². The van der Waals surface area contributed by atoms with Crippen molar-refractivity contribution >= 4 is 29.1 Å². The lowest BCUT2D eigenvalue weighted by Gasteiger charge is -2.19. The number of nitrogens with zero attached hydrogens (tertiary/aromatic N) is 1. The van der Waals surface area contributed by atoms with Crippen LogP contribution >= 0.6 is 11.6 Å². The van der Waals surface area contributed by atoms with Gasteiger partial charge in [-0.2, -0.15) is 0 Å². The number of carbonyl (C=O) groups excluding carboxylic acids is 2. The van der Waals surface area contributed by atoms with Crippen LogP contribution < -0.4 is 10.2 Å².